The summed E-state index contributed by atoms with van der Waals surface area (Å²) in [6.07, 6.45) is 0. The van der Waals surface area contributed by atoms with Crippen molar-refractivity contribution in [3.8, 4) is 0 Å². The molecule has 4 heavy (non-hydrogen) atoms. The van der Waals surface area contributed by atoms with Gasteiger partial charge in [-0.1, -0.05) is 0 Å². The first-order valence-electron chi connectivity index (χ1n) is 0. The molecule has 0 unspecified atom stereocenters. The second-order valence-corrected chi connectivity index (χ2v) is 0. The van der Waals surface area contributed by atoms with Gasteiger partial charge < -0.3 is 0 Å². The topological polar surface area (TPSA) is 0 Å². The van der Waals surface area contributed by atoms with Gasteiger partial charge in [0.2, 0.25) is 0 Å². The van der Waals surface area contributed by atoms with E-state index < -0.39 is 0 Å². The molecule has 0 bridgehead atoms. The van der Waals surface area contributed by atoms with Crippen molar-refractivity contribution in [3.63, 3.8) is 0 Å². The first kappa shape index (κ1) is 36.3. The molecule has 35 valence electrons. The van der Waals surface area contributed by atoms with Crippen molar-refractivity contribution < 1.29 is 68.3 Å². The molecule has 1 radical (unpaired) electrons. The summed E-state index contributed by atoms with van der Waals surface area (Å²) in [5.74, 6) is 0. The first-order valence-corrected chi connectivity index (χ1v) is 0. The fourth-order valence-electron chi connectivity index (χ4n) is 0. The number of rotatable bonds is 0. The maximum absolute atomic E-state index is 0. The van der Waals surface area contributed by atoms with Crippen LogP contribution in [-0.2, 0) is 68.3 Å². The normalized spacial score (nSPS) is 0. The standard InChI is InChI=1S/Cu.3Fe. The zero-order valence-electron chi connectivity index (χ0n) is 1.36. The molecule has 0 aliphatic heterocycles. The summed E-state index contributed by atoms with van der Waals surface area (Å²) in [4.78, 5) is 0. The summed E-state index contributed by atoms with van der Waals surface area (Å²) in [7, 11) is 0. The Morgan fingerprint density at radius 1 is 0.500 bits per heavy atom. The van der Waals surface area contributed by atoms with E-state index in [0.29, 0.717) is 0 Å². The minimum atomic E-state index is 0. The van der Waals surface area contributed by atoms with Crippen LogP contribution in [0.25, 0.3) is 0 Å². The molecule has 0 atom stereocenters. The second kappa shape index (κ2) is 19.6. The van der Waals surface area contributed by atoms with Crippen molar-refractivity contribution in [2.75, 3.05) is 0 Å². The maximum Gasteiger partial charge on any atom is 0 e. The van der Waals surface area contributed by atoms with E-state index in [1.165, 1.54) is 0 Å². The van der Waals surface area contributed by atoms with E-state index in [9.17, 15) is 0 Å². The van der Waals surface area contributed by atoms with Crippen LogP contribution in [0.3, 0.4) is 0 Å². The Bertz CT molecular complexity index is 3.25. The Labute approximate surface area is 67.8 Å². The molecule has 0 spiro atoms. The third-order valence-corrected chi connectivity index (χ3v) is 0. The van der Waals surface area contributed by atoms with Crippen molar-refractivity contribution in [3.05, 3.63) is 0 Å². The van der Waals surface area contributed by atoms with Gasteiger partial charge in [-0.2, -0.15) is 0 Å². The van der Waals surface area contributed by atoms with Gasteiger partial charge in [-0.05, 0) is 0 Å². The van der Waals surface area contributed by atoms with Crippen molar-refractivity contribution in [2.24, 2.45) is 0 Å². The maximum atomic E-state index is 0. The predicted molar refractivity (Wildman–Crippen MR) is 0 cm³/mol. The molecule has 0 saturated carbocycles. The van der Waals surface area contributed by atoms with Gasteiger partial charge in [0.1, 0.15) is 0 Å². The summed E-state index contributed by atoms with van der Waals surface area (Å²) < 4.78 is 0. The molecule has 0 aromatic heterocycles. The Balaban J connectivity index is 0. The van der Waals surface area contributed by atoms with Gasteiger partial charge in [-0.3, -0.25) is 0 Å². The fourth-order valence-corrected chi connectivity index (χ4v) is 0. The largest absolute Gasteiger partial charge is 0 e. The van der Waals surface area contributed by atoms with Gasteiger partial charge in [0.25, 0.3) is 0 Å². The van der Waals surface area contributed by atoms with Crippen molar-refractivity contribution >= 4 is 0 Å². The van der Waals surface area contributed by atoms with Gasteiger partial charge in [-0.25, -0.2) is 0 Å². The Kier molecular flexibility index (Phi) is 177. The molecule has 0 nitrogen and oxygen atoms in total. The fraction of sp³-hybridized carbons (Fsp3) is 0. The van der Waals surface area contributed by atoms with Crippen LogP contribution in [0.15, 0.2) is 0 Å². The Hall–Kier alpha value is 2.08. The average Bonchev–Trinajstić information content (AvgIpc) is 0. The van der Waals surface area contributed by atoms with Gasteiger partial charge in [0.15, 0.2) is 0 Å². The van der Waals surface area contributed by atoms with Crippen LogP contribution in [-0.4, -0.2) is 0 Å². The Morgan fingerprint density at radius 2 is 0.500 bits per heavy atom. The molecular weight excluding hydrogens is 231 g/mol. The summed E-state index contributed by atoms with van der Waals surface area (Å²) in [5.41, 5.74) is 0. The van der Waals surface area contributed by atoms with Crippen molar-refractivity contribution in [1.82, 2.24) is 0 Å². The quantitative estimate of drug-likeness (QED) is 0.514. The van der Waals surface area contributed by atoms with Crippen LogP contribution in [0.4, 0.5) is 0 Å². The van der Waals surface area contributed by atoms with Crippen molar-refractivity contribution in [2.45, 2.75) is 0 Å². The first-order chi connectivity index (χ1) is 0. The minimum absolute atomic E-state index is 0. The van der Waals surface area contributed by atoms with E-state index in [-0.39, 0.29) is 68.3 Å². The van der Waals surface area contributed by atoms with Gasteiger partial charge in [0.05, 0.1) is 0 Å². The van der Waals surface area contributed by atoms with E-state index in [1.807, 2.05) is 0 Å². The molecular formula is CuFe3. The molecule has 0 aliphatic carbocycles. The van der Waals surface area contributed by atoms with E-state index in [2.05, 4.69) is 0 Å². The molecule has 0 aromatic carbocycles. The molecule has 4 heteroatoms. The van der Waals surface area contributed by atoms with Crippen LogP contribution in [0.2, 0.25) is 0 Å². The van der Waals surface area contributed by atoms with Crippen molar-refractivity contribution in [1.29, 1.82) is 0 Å². The third-order valence-electron chi connectivity index (χ3n) is 0. The molecule has 0 saturated heterocycles. The monoisotopic (exact) mass is 231 g/mol. The van der Waals surface area contributed by atoms with Crippen LogP contribution >= 0.6 is 0 Å². The van der Waals surface area contributed by atoms with Crippen LogP contribution in [0, 0.1) is 0 Å². The summed E-state index contributed by atoms with van der Waals surface area (Å²) in [6.45, 7) is 0. The molecule has 0 N–H and O–H groups in total. The molecule has 0 amide bonds. The molecule has 0 aromatic rings. The van der Waals surface area contributed by atoms with E-state index in [4.69, 9.17) is 0 Å². The van der Waals surface area contributed by atoms with E-state index >= 15 is 0 Å². The third kappa shape index (κ3) is 8.95. The average molecular weight is 231 g/mol. The van der Waals surface area contributed by atoms with Crippen LogP contribution in [0.5, 0.6) is 0 Å². The van der Waals surface area contributed by atoms with Gasteiger partial charge in [-0.15, -0.1) is 0 Å². The molecule has 0 aliphatic rings. The van der Waals surface area contributed by atoms with E-state index in [1.54, 1.807) is 0 Å². The van der Waals surface area contributed by atoms with Gasteiger partial charge >= 0.3 is 0 Å². The van der Waals surface area contributed by atoms with Crippen LogP contribution in [0.1, 0.15) is 0 Å². The summed E-state index contributed by atoms with van der Waals surface area (Å²) in [5, 5.41) is 0. The van der Waals surface area contributed by atoms with Gasteiger partial charge in [0, 0.05) is 68.3 Å². The zero-order chi connectivity index (χ0) is 0. The molecule has 0 fully saturated rings. The number of hydrogen-bond donors (Lipinski definition) is 0. The zero-order valence-corrected chi connectivity index (χ0v) is 5.62. The summed E-state index contributed by atoms with van der Waals surface area (Å²) in [6, 6.07) is 0. The van der Waals surface area contributed by atoms with E-state index in [0.717, 1.165) is 0 Å². The molecule has 0 heterocycles. The SMILES string of the molecule is [Cu].[Fe].[Fe].[Fe]. The summed E-state index contributed by atoms with van der Waals surface area (Å²) >= 11 is 0. The predicted octanol–water partition coefficient (Wildman–Crippen LogP) is -0.0100. The van der Waals surface area contributed by atoms with Crippen LogP contribution < -0.4 is 0 Å². The molecule has 0 rings (SSSR count). The smallest absolute Gasteiger partial charge is 0 e. The second-order valence-electron chi connectivity index (χ2n) is 0. The Morgan fingerprint density at radius 3 is 0.500 bits per heavy atom. The minimum Gasteiger partial charge on any atom is 0 e. The number of hydrogen-bond acceptors (Lipinski definition) is 0.